The van der Waals surface area contributed by atoms with Crippen molar-refractivity contribution in [2.45, 2.75) is 6.10 Å². The number of carbonyl (C=O) groups excluding carboxylic acids is 1. The second-order valence-electron chi connectivity index (χ2n) is 3.73. The molecule has 0 saturated heterocycles. The van der Waals surface area contributed by atoms with Crippen molar-refractivity contribution in [3.05, 3.63) is 24.3 Å². The second kappa shape index (κ2) is 5.54. The first-order valence-electron chi connectivity index (χ1n) is 5.43. The van der Waals surface area contributed by atoms with Crippen LogP contribution in [0.25, 0.3) is 0 Å². The van der Waals surface area contributed by atoms with Crippen LogP contribution in [0.2, 0.25) is 0 Å². The number of rotatable bonds is 4. The van der Waals surface area contributed by atoms with Gasteiger partial charge in [0.1, 0.15) is 19.3 Å². The predicted molar refractivity (Wildman–Crippen MR) is 61.2 cm³/mol. The predicted octanol–water partition coefficient (Wildman–Crippen LogP) is 0.589. The van der Waals surface area contributed by atoms with Crippen LogP contribution in [-0.2, 0) is 9.53 Å². The van der Waals surface area contributed by atoms with Gasteiger partial charge in [-0.25, -0.2) is 0 Å². The van der Waals surface area contributed by atoms with E-state index >= 15 is 0 Å². The van der Waals surface area contributed by atoms with Gasteiger partial charge in [-0.1, -0.05) is 12.1 Å². The van der Waals surface area contributed by atoms with Gasteiger partial charge in [0.25, 0.3) is 0 Å². The third-order valence-electron chi connectivity index (χ3n) is 2.37. The van der Waals surface area contributed by atoms with Gasteiger partial charge < -0.3 is 19.5 Å². The SMILES string of the molecule is COCC(=O)NC[C@@H]1COc2ccccc2O1. The molecule has 5 nitrogen and oxygen atoms in total. The molecule has 92 valence electrons. The molecule has 0 aromatic heterocycles. The van der Waals surface area contributed by atoms with Crippen molar-refractivity contribution < 1.29 is 19.0 Å². The van der Waals surface area contributed by atoms with Crippen molar-refractivity contribution >= 4 is 5.91 Å². The van der Waals surface area contributed by atoms with Gasteiger partial charge in [-0.05, 0) is 12.1 Å². The maximum absolute atomic E-state index is 11.2. The lowest BCUT2D eigenvalue weighted by Gasteiger charge is -2.26. The minimum atomic E-state index is -0.161. The molecule has 0 spiro atoms. The van der Waals surface area contributed by atoms with E-state index in [0.29, 0.717) is 18.9 Å². The number of fused-ring (bicyclic) bond motifs is 1. The maximum atomic E-state index is 11.2. The third-order valence-corrected chi connectivity index (χ3v) is 2.37. The summed E-state index contributed by atoms with van der Waals surface area (Å²) in [6, 6.07) is 7.48. The number of carbonyl (C=O) groups is 1. The first kappa shape index (κ1) is 11.7. The minimum absolute atomic E-state index is 0.0597. The number of methoxy groups -OCH3 is 1. The third kappa shape index (κ3) is 3.10. The monoisotopic (exact) mass is 237 g/mol. The highest BCUT2D eigenvalue weighted by atomic mass is 16.6. The zero-order valence-electron chi connectivity index (χ0n) is 9.64. The standard InChI is InChI=1S/C12H15NO4/c1-15-8-12(14)13-6-9-7-16-10-4-2-3-5-11(10)17-9/h2-5,9H,6-8H2,1H3,(H,13,14)/t9-/m1/s1. The molecule has 0 saturated carbocycles. The van der Waals surface area contributed by atoms with E-state index in [1.165, 1.54) is 7.11 Å². The van der Waals surface area contributed by atoms with Gasteiger partial charge in [0, 0.05) is 7.11 Å². The zero-order chi connectivity index (χ0) is 12.1. The number of nitrogens with one attached hydrogen (secondary N) is 1. The summed E-state index contributed by atoms with van der Waals surface area (Å²) in [5.74, 6) is 1.30. The van der Waals surface area contributed by atoms with Crippen molar-refractivity contribution in [3.63, 3.8) is 0 Å². The van der Waals surface area contributed by atoms with Crippen LogP contribution in [0.15, 0.2) is 24.3 Å². The van der Waals surface area contributed by atoms with Crippen molar-refractivity contribution in [2.75, 3.05) is 26.9 Å². The first-order chi connectivity index (χ1) is 8.29. The highest BCUT2D eigenvalue weighted by molar-refractivity contribution is 5.77. The Labute approximate surface area is 99.7 Å². The fraction of sp³-hybridized carbons (Fsp3) is 0.417. The highest BCUT2D eigenvalue weighted by Gasteiger charge is 2.20. The molecule has 1 aliphatic rings. The molecule has 0 bridgehead atoms. The molecule has 1 N–H and O–H groups in total. The van der Waals surface area contributed by atoms with Crippen LogP contribution in [0.1, 0.15) is 0 Å². The van der Waals surface area contributed by atoms with Crippen LogP contribution in [0.3, 0.4) is 0 Å². The Morgan fingerprint density at radius 1 is 1.47 bits per heavy atom. The average Bonchev–Trinajstić information content (AvgIpc) is 2.36. The molecule has 1 atom stereocenters. The highest BCUT2D eigenvalue weighted by Crippen LogP contribution is 2.30. The van der Waals surface area contributed by atoms with E-state index in [2.05, 4.69) is 5.32 Å². The summed E-state index contributed by atoms with van der Waals surface area (Å²) < 4.78 is 15.9. The molecule has 0 aliphatic carbocycles. The van der Waals surface area contributed by atoms with Crippen molar-refractivity contribution in [2.24, 2.45) is 0 Å². The minimum Gasteiger partial charge on any atom is -0.486 e. The molecule has 1 amide bonds. The second-order valence-corrected chi connectivity index (χ2v) is 3.73. The molecule has 17 heavy (non-hydrogen) atoms. The van der Waals surface area contributed by atoms with Crippen LogP contribution in [0, 0.1) is 0 Å². The average molecular weight is 237 g/mol. The smallest absolute Gasteiger partial charge is 0.246 e. The van der Waals surface area contributed by atoms with Crippen LogP contribution in [0.4, 0.5) is 0 Å². The molecule has 0 radical (unpaired) electrons. The van der Waals surface area contributed by atoms with Gasteiger partial charge in [-0.2, -0.15) is 0 Å². The van der Waals surface area contributed by atoms with E-state index in [9.17, 15) is 4.79 Å². The molecule has 5 heteroatoms. The maximum Gasteiger partial charge on any atom is 0.246 e. The largest absolute Gasteiger partial charge is 0.486 e. The van der Waals surface area contributed by atoms with Crippen LogP contribution in [0.5, 0.6) is 11.5 Å². The van der Waals surface area contributed by atoms with Gasteiger partial charge in [0.05, 0.1) is 6.54 Å². The van der Waals surface area contributed by atoms with E-state index in [0.717, 1.165) is 5.75 Å². The lowest BCUT2D eigenvalue weighted by Crippen LogP contribution is -2.41. The summed E-state index contributed by atoms with van der Waals surface area (Å²) in [7, 11) is 1.48. The number of ether oxygens (including phenoxy) is 3. The lowest BCUT2D eigenvalue weighted by molar-refractivity contribution is -0.125. The molecule has 1 heterocycles. The van der Waals surface area contributed by atoms with Gasteiger partial charge in [0.2, 0.25) is 5.91 Å². The molecule has 1 aliphatic heterocycles. The van der Waals surface area contributed by atoms with Gasteiger partial charge >= 0.3 is 0 Å². The lowest BCUT2D eigenvalue weighted by atomic mass is 10.2. The topological polar surface area (TPSA) is 56.8 Å². The molecule has 1 aromatic carbocycles. The van der Waals surface area contributed by atoms with Gasteiger partial charge in [-0.15, -0.1) is 0 Å². The molecule has 0 fully saturated rings. The summed E-state index contributed by atoms with van der Waals surface area (Å²) in [4.78, 5) is 11.2. The summed E-state index contributed by atoms with van der Waals surface area (Å²) in [6.45, 7) is 0.908. The summed E-state index contributed by atoms with van der Waals surface area (Å²) in [6.07, 6.45) is -0.161. The van der Waals surface area contributed by atoms with E-state index in [1.54, 1.807) is 0 Å². The molecule has 0 unspecified atom stereocenters. The Kier molecular flexibility index (Phi) is 3.82. The summed E-state index contributed by atoms with van der Waals surface area (Å²) in [5.41, 5.74) is 0. The Morgan fingerprint density at radius 3 is 3.00 bits per heavy atom. The van der Waals surface area contributed by atoms with Crippen molar-refractivity contribution in [3.8, 4) is 11.5 Å². The number of hydrogen-bond donors (Lipinski definition) is 1. The van der Waals surface area contributed by atoms with Crippen LogP contribution >= 0.6 is 0 Å². The van der Waals surface area contributed by atoms with E-state index in [1.807, 2.05) is 24.3 Å². The molecule has 1 aromatic rings. The van der Waals surface area contributed by atoms with E-state index in [-0.39, 0.29) is 18.6 Å². The Bertz CT molecular complexity index is 394. The van der Waals surface area contributed by atoms with E-state index in [4.69, 9.17) is 14.2 Å². The van der Waals surface area contributed by atoms with Crippen molar-refractivity contribution in [1.29, 1.82) is 0 Å². The van der Waals surface area contributed by atoms with Gasteiger partial charge in [0.15, 0.2) is 11.5 Å². The van der Waals surface area contributed by atoms with Crippen LogP contribution in [-0.4, -0.2) is 38.9 Å². The van der Waals surface area contributed by atoms with Crippen LogP contribution < -0.4 is 14.8 Å². The summed E-state index contributed by atoms with van der Waals surface area (Å²) in [5, 5.41) is 2.72. The normalized spacial score (nSPS) is 17.6. The fourth-order valence-corrected chi connectivity index (χ4v) is 1.57. The van der Waals surface area contributed by atoms with Gasteiger partial charge in [-0.3, -0.25) is 4.79 Å². The van der Waals surface area contributed by atoms with E-state index < -0.39 is 0 Å². The Balaban J connectivity index is 1.84. The number of amides is 1. The zero-order valence-corrected chi connectivity index (χ0v) is 9.64. The number of benzene rings is 1. The first-order valence-corrected chi connectivity index (χ1v) is 5.43. The molecular formula is C12H15NO4. The quantitative estimate of drug-likeness (QED) is 0.832. The Morgan fingerprint density at radius 2 is 2.24 bits per heavy atom. The Hall–Kier alpha value is -1.75. The fourth-order valence-electron chi connectivity index (χ4n) is 1.57. The van der Waals surface area contributed by atoms with Crippen molar-refractivity contribution in [1.82, 2.24) is 5.32 Å². The number of hydrogen-bond acceptors (Lipinski definition) is 4. The molecule has 2 rings (SSSR count). The molecular weight excluding hydrogens is 222 g/mol. The summed E-state index contributed by atoms with van der Waals surface area (Å²) >= 11 is 0. The number of para-hydroxylation sites is 2.